The summed E-state index contributed by atoms with van der Waals surface area (Å²) in [6, 6.07) is 3.45. The molecule has 0 aromatic carbocycles. The maximum absolute atomic E-state index is 12.2. The first-order chi connectivity index (χ1) is 13.5. The van der Waals surface area contributed by atoms with Gasteiger partial charge in [-0.3, -0.25) is 14.5 Å². The van der Waals surface area contributed by atoms with Gasteiger partial charge in [-0.1, -0.05) is 6.07 Å². The Morgan fingerprint density at radius 3 is 2.93 bits per heavy atom. The van der Waals surface area contributed by atoms with E-state index in [0.29, 0.717) is 17.1 Å². The average molecular weight is 419 g/mol. The van der Waals surface area contributed by atoms with Crippen LogP contribution in [0.4, 0.5) is 5.95 Å². The number of hydrogen-bond donors (Lipinski definition) is 3. The van der Waals surface area contributed by atoms with Gasteiger partial charge in [0.15, 0.2) is 0 Å². The minimum atomic E-state index is -0.241. The lowest BCUT2D eigenvalue weighted by atomic mass is 10.1. The Bertz CT molecular complexity index is 972. The number of hydrogen-bond acceptors (Lipinski definition) is 9. The van der Waals surface area contributed by atoms with E-state index in [4.69, 9.17) is 0 Å². The molecule has 0 radical (unpaired) electrons. The van der Waals surface area contributed by atoms with Gasteiger partial charge in [-0.2, -0.15) is 0 Å². The monoisotopic (exact) mass is 418 g/mol. The van der Waals surface area contributed by atoms with Crippen molar-refractivity contribution in [2.75, 3.05) is 24.6 Å². The quantitative estimate of drug-likeness (QED) is 0.359. The molecule has 0 fully saturated rings. The maximum Gasteiger partial charge on any atom is 0.255 e. The lowest BCUT2D eigenvalue weighted by Crippen LogP contribution is -2.15. The van der Waals surface area contributed by atoms with Crippen LogP contribution in [0.5, 0.6) is 5.88 Å². The Labute approximate surface area is 171 Å². The third kappa shape index (κ3) is 5.78. The molecule has 28 heavy (non-hydrogen) atoms. The molecule has 0 unspecified atom stereocenters. The number of aromatic hydroxyl groups is 1. The van der Waals surface area contributed by atoms with Gasteiger partial charge in [0.05, 0.1) is 5.69 Å². The Hall–Kier alpha value is -2.43. The number of pyridine rings is 1. The number of H-pyrrole nitrogens is 1. The van der Waals surface area contributed by atoms with Gasteiger partial charge >= 0.3 is 0 Å². The van der Waals surface area contributed by atoms with E-state index >= 15 is 0 Å². The van der Waals surface area contributed by atoms with Crippen LogP contribution in [0, 0.1) is 0 Å². The highest BCUT2D eigenvalue weighted by atomic mass is 32.2. The van der Waals surface area contributed by atoms with E-state index in [-0.39, 0.29) is 17.9 Å². The average Bonchev–Trinajstić information content (AvgIpc) is 3.09. The van der Waals surface area contributed by atoms with Gasteiger partial charge in [-0.15, -0.1) is 11.3 Å². The molecule has 0 aliphatic heterocycles. The Morgan fingerprint density at radius 2 is 2.18 bits per heavy atom. The molecule has 0 bridgehead atoms. The van der Waals surface area contributed by atoms with Gasteiger partial charge in [-0.05, 0) is 32.1 Å². The third-order valence-corrected chi connectivity index (χ3v) is 5.43. The Kier molecular flexibility index (Phi) is 7.01. The number of nitrogens with one attached hydrogen (secondary N) is 2. The van der Waals surface area contributed by atoms with Crippen molar-refractivity contribution in [1.29, 1.82) is 0 Å². The number of nitrogens with zero attached hydrogens (tertiary/aromatic N) is 4. The first kappa shape index (κ1) is 20.3. The second-order valence-corrected chi connectivity index (χ2v) is 8.26. The molecule has 0 aliphatic rings. The van der Waals surface area contributed by atoms with Crippen LogP contribution in [0.1, 0.15) is 21.8 Å². The van der Waals surface area contributed by atoms with E-state index in [1.807, 2.05) is 14.1 Å². The number of aromatic nitrogens is 4. The summed E-state index contributed by atoms with van der Waals surface area (Å²) in [5.41, 5.74) is 1.88. The summed E-state index contributed by atoms with van der Waals surface area (Å²) >= 11 is 3.14. The second-order valence-electron chi connectivity index (χ2n) is 6.42. The fourth-order valence-electron chi connectivity index (χ4n) is 2.45. The molecule has 3 aromatic rings. The first-order valence-corrected chi connectivity index (χ1v) is 10.5. The summed E-state index contributed by atoms with van der Waals surface area (Å²) in [5, 5.41) is 12.9. The molecule has 0 saturated heterocycles. The molecule has 3 aromatic heterocycles. The maximum atomic E-state index is 12.2. The molecule has 0 saturated carbocycles. The van der Waals surface area contributed by atoms with Gasteiger partial charge < -0.3 is 10.0 Å². The van der Waals surface area contributed by atoms with E-state index in [9.17, 15) is 9.90 Å². The molecule has 0 aliphatic carbocycles. The van der Waals surface area contributed by atoms with Crippen molar-refractivity contribution in [3.63, 3.8) is 0 Å². The summed E-state index contributed by atoms with van der Waals surface area (Å²) < 4.78 is 3.05. The van der Waals surface area contributed by atoms with E-state index in [1.54, 1.807) is 23.5 Å². The molecule has 3 rings (SSSR count). The Morgan fingerprint density at radius 1 is 1.32 bits per heavy atom. The highest BCUT2D eigenvalue weighted by Gasteiger charge is 2.08. The molecule has 3 heterocycles. The number of thiazole rings is 1. The van der Waals surface area contributed by atoms with Crippen LogP contribution in [0.15, 0.2) is 34.7 Å². The van der Waals surface area contributed by atoms with E-state index in [2.05, 4.69) is 34.9 Å². The summed E-state index contributed by atoms with van der Waals surface area (Å²) in [5.74, 6) is 1.14. The highest BCUT2D eigenvalue weighted by Crippen LogP contribution is 2.16. The summed E-state index contributed by atoms with van der Waals surface area (Å²) in [4.78, 5) is 29.7. The van der Waals surface area contributed by atoms with Crippen LogP contribution in [0.25, 0.3) is 0 Å². The van der Waals surface area contributed by atoms with Crippen LogP contribution < -0.4 is 10.3 Å². The topological polar surface area (TPSA) is 107 Å². The molecular weight excluding hydrogens is 396 g/mol. The van der Waals surface area contributed by atoms with Gasteiger partial charge in [0, 0.05) is 54.0 Å². The predicted molar refractivity (Wildman–Crippen MR) is 113 cm³/mol. The zero-order valence-electron chi connectivity index (χ0n) is 15.7. The number of aryl methyl sites for hydroxylation is 1. The smallest absolute Gasteiger partial charge is 0.255 e. The van der Waals surface area contributed by atoms with Crippen LogP contribution >= 0.6 is 23.3 Å². The zero-order chi connectivity index (χ0) is 19.9. The van der Waals surface area contributed by atoms with Crippen molar-refractivity contribution in [2.45, 2.75) is 19.4 Å². The lowest BCUT2D eigenvalue weighted by Gasteiger charge is -2.06. The molecule has 148 valence electrons. The Balaban J connectivity index is 1.49. The number of rotatable bonds is 9. The van der Waals surface area contributed by atoms with E-state index in [1.165, 1.54) is 24.3 Å². The van der Waals surface area contributed by atoms with Gasteiger partial charge in [-0.25, -0.2) is 15.0 Å². The van der Waals surface area contributed by atoms with Gasteiger partial charge in [0.25, 0.3) is 5.56 Å². The molecule has 0 amide bonds. The van der Waals surface area contributed by atoms with Crippen LogP contribution in [0.2, 0.25) is 0 Å². The van der Waals surface area contributed by atoms with Crippen molar-refractivity contribution in [2.24, 2.45) is 0 Å². The molecule has 8 nitrogen and oxygen atoms in total. The number of aromatic amines is 1. The van der Waals surface area contributed by atoms with E-state index < -0.39 is 0 Å². The minimum Gasteiger partial charge on any atom is -0.493 e. The SMILES string of the molecule is CN(C)Cc1nc(CCSNc2ncc(Cc3cccnc3O)c(=O)[nH]2)cs1. The second kappa shape index (κ2) is 9.67. The fourth-order valence-corrected chi connectivity index (χ4v) is 4.05. The van der Waals surface area contributed by atoms with Gasteiger partial charge in [0.1, 0.15) is 5.01 Å². The lowest BCUT2D eigenvalue weighted by molar-refractivity contribution is 0.401. The summed E-state index contributed by atoms with van der Waals surface area (Å²) in [6.07, 6.45) is 4.13. The highest BCUT2D eigenvalue weighted by molar-refractivity contribution is 8.00. The van der Waals surface area contributed by atoms with Gasteiger partial charge in [0.2, 0.25) is 11.8 Å². The molecule has 3 N–H and O–H groups in total. The third-order valence-electron chi connectivity index (χ3n) is 3.80. The predicted octanol–water partition coefficient (Wildman–Crippen LogP) is 2.28. The van der Waals surface area contributed by atoms with Crippen molar-refractivity contribution in [3.05, 3.63) is 62.1 Å². The zero-order valence-corrected chi connectivity index (χ0v) is 17.3. The van der Waals surface area contributed by atoms with Crippen molar-refractivity contribution >= 4 is 29.2 Å². The summed E-state index contributed by atoms with van der Waals surface area (Å²) in [6.45, 7) is 0.852. The molecule has 0 spiro atoms. The van der Waals surface area contributed by atoms with Crippen LogP contribution in [0.3, 0.4) is 0 Å². The van der Waals surface area contributed by atoms with Crippen molar-refractivity contribution in [3.8, 4) is 5.88 Å². The largest absolute Gasteiger partial charge is 0.493 e. The minimum absolute atomic E-state index is 0.0737. The molecule has 0 atom stereocenters. The molecule has 10 heteroatoms. The van der Waals surface area contributed by atoms with Crippen molar-refractivity contribution < 1.29 is 5.11 Å². The van der Waals surface area contributed by atoms with Crippen LogP contribution in [-0.2, 0) is 19.4 Å². The molecular formula is C18H22N6O2S2. The first-order valence-electron chi connectivity index (χ1n) is 8.68. The number of anilines is 1. The fraction of sp³-hybridized carbons (Fsp3) is 0.333. The van der Waals surface area contributed by atoms with Crippen molar-refractivity contribution in [1.82, 2.24) is 24.8 Å². The normalized spacial score (nSPS) is 11.1. The van der Waals surface area contributed by atoms with E-state index in [0.717, 1.165) is 29.4 Å². The standard InChI is InChI=1S/C18H22N6O2S2/c1-24(2)10-15-21-14(11-27-15)5-7-28-23-18-20-9-13(17(26)22-18)8-12-4-3-6-19-16(12)25/h3-4,6,9,11H,5,7-8,10H2,1-2H3,(H,19,25)(H2,20,22,23,26). The van der Waals surface area contributed by atoms with Crippen LogP contribution in [-0.4, -0.2) is 49.8 Å². The summed E-state index contributed by atoms with van der Waals surface area (Å²) in [7, 11) is 4.05.